The van der Waals surface area contributed by atoms with E-state index in [1.165, 1.54) is 33.0 Å². The van der Waals surface area contributed by atoms with Crippen molar-refractivity contribution >= 4 is 149 Å². The van der Waals surface area contributed by atoms with Crippen LogP contribution in [0.1, 0.15) is 0 Å². The van der Waals surface area contributed by atoms with Gasteiger partial charge in [-0.1, -0.05) is 200 Å². The lowest BCUT2D eigenvalue weighted by atomic mass is 9.34. The van der Waals surface area contributed by atoms with Crippen LogP contribution in [-0.4, -0.2) is 18.0 Å². The van der Waals surface area contributed by atoms with E-state index in [0.29, 0.717) is 0 Å². The molecule has 0 bridgehead atoms. The van der Waals surface area contributed by atoms with Gasteiger partial charge in [0.2, 0.25) is 0 Å². The summed E-state index contributed by atoms with van der Waals surface area (Å²) in [5.74, 6) is 0. The molecule has 0 atom stereocenters. The van der Waals surface area contributed by atoms with Gasteiger partial charge in [0.15, 0.2) is 0 Å². The van der Waals surface area contributed by atoms with E-state index >= 15 is 0 Å². The Morgan fingerprint density at radius 3 is 0.758 bits per heavy atom. The van der Waals surface area contributed by atoms with Crippen molar-refractivity contribution in [3.63, 3.8) is 0 Å². The maximum Gasteiger partial charge on any atom is 0.273 e. The quantitative estimate of drug-likeness (QED) is 0.120. The Kier molecular flexibility index (Phi) is 12.3. The molecule has 0 aliphatic carbocycles. The molecule has 0 fully saturated rings. The van der Waals surface area contributed by atoms with E-state index in [4.69, 9.17) is 0 Å². The Hall–Kier alpha value is -11.9. The second-order valence-electron chi connectivity index (χ2n) is 23.6. The molecule has 426 valence electrons. The van der Waals surface area contributed by atoms with Gasteiger partial charge >= 0.3 is 0 Å². The number of hydrogen-bond donors (Lipinski definition) is 0. The Bertz CT molecular complexity index is 4650. The van der Waals surface area contributed by atoms with Crippen molar-refractivity contribution in [2.45, 2.75) is 0 Å². The lowest BCUT2D eigenvalue weighted by Gasteiger charge is -2.46. The third-order valence-electron chi connectivity index (χ3n) is 18.6. The largest absolute Gasteiger partial charge is 0.330 e. The summed E-state index contributed by atoms with van der Waals surface area (Å²) in [5, 5.41) is 0. The van der Waals surface area contributed by atoms with E-state index in [2.05, 4.69) is 380 Å². The third-order valence-corrected chi connectivity index (χ3v) is 18.6. The summed E-state index contributed by atoms with van der Waals surface area (Å²) in [5.41, 5.74) is 27.9. The maximum atomic E-state index is 2.71. The van der Waals surface area contributed by atoms with Gasteiger partial charge in [-0.2, -0.15) is 0 Å². The van der Waals surface area contributed by atoms with Gasteiger partial charge in [-0.25, -0.2) is 0 Å². The second kappa shape index (κ2) is 21.4. The number of benzene rings is 13. The van der Waals surface area contributed by atoms with Gasteiger partial charge in [-0.15, -0.1) is 0 Å². The highest BCUT2D eigenvalue weighted by molar-refractivity contribution is 7.03. The molecule has 14 aromatic rings. The summed E-state index contributed by atoms with van der Waals surface area (Å²) < 4.78 is 2.71. The van der Waals surface area contributed by atoms with Crippen LogP contribution in [0.25, 0.3) is 5.69 Å². The summed E-state index contributed by atoms with van der Waals surface area (Å²) in [6.45, 7) is -0.556. The smallest absolute Gasteiger partial charge is 0.273 e. The van der Waals surface area contributed by atoms with E-state index in [1.807, 2.05) is 0 Å². The molecule has 0 spiro atoms. The fraction of sp³-hybridized carbons (Fsp3) is 0. The van der Waals surface area contributed by atoms with Gasteiger partial charge < -0.3 is 34.0 Å². The molecule has 0 amide bonds. The first-order valence-electron chi connectivity index (χ1n) is 31.3. The normalized spacial score (nSPS) is 12.9. The van der Waals surface area contributed by atoms with Crippen LogP contribution in [0.15, 0.2) is 346 Å². The van der Waals surface area contributed by atoms with E-state index in [-0.39, 0.29) is 13.4 Å². The van der Waals surface area contributed by atoms with Crippen molar-refractivity contribution in [2.75, 3.05) is 29.4 Å². The highest BCUT2D eigenvalue weighted by atomic mass is 15.3. The summed E-state index contributed by atoms with van der Waals surface area (Å²) in [4.78, 5) is 15.2. The van der Waals surface area contributed by atoms with E-state index in [9.17, 15) is 0 Å². The van der Waals surface area contributed by atoms with Gasteiger partial charge in [0, 0.05) is 96.5 Å². The third kappa shape index (κ3) is 8.25. The summed E-state index contributed by atoms with van der Waals surface area (Å²) in [6.07, 6.45) is 0. The number of anilines is 18. The predicted molar refractivity (Wildman–Crippen MR) is 383 cm³/mol. The fourth-order valence-corrected chi connectivity index (χ4v) is 15.1. The minimum atomic E-state index is -0.278. The molecule has 5 heterocycles. The molecule has 4 aliphatic heterocycles. The lowest BCUT2D eigenvalue weighted by Crippen LogP contribution is -2.65. The van der Waals surface area contributed by atoms with Crippen molar-refractivity contribution < 1.29 is 0 Å². The number of hydrogen-bond acceptors (Lipinski definition) is 6. The molecular weight excluding hydrogens is 1100 g/mol. The van der Waals surface area contributed by atoms with Crippen molar-refractivity contribution in [3.8, 4) is 5.69 Å². The summed E-state index contributed by atoms with van der Waals surface area (Å²) >= 11 is 0. The molecular formula is C82H57B2N7. The van der Waals surface area contributed by atoms with Crippen LogP contribution >= 0.6 is 0 Å². The molecule has 7 nitrogen and oxygen atoms in total. The van der Waals surface area contributed by atoms with Gasteiger partial charge in [-0.05, 0) is 167 Å². The highest BCUT2D eigenvalue weighted by Gasteiger charge is 2.54. The fourth-order valence-electron chi connectivity index (χ4n) is 15.1. The lowest BCUT2D eigenvalue weighted by molar-refractivity contribution is 1.13. The molecule has 0 saturated carbocycles. The van der Waals surface area contributed by atoms with E-state index in [0.717, 1.165) is 108 Å². The molecule has 18 rings (SSSR count). The number of para-hydroxylation sites is 11. The molecule has 9 heteroatoms. The minimum absolute atomic E-state index is 0.278. The molecule has 0 saturated heterocycles. The zero-order chi connectivity index (χ0) is 59.9. The van der Waals surface area contributed by atoms with Crippen LogP contribution < -0.4 is 62.4 Å². The average molecular weight is 1160 g/mol. The molecule has 1 aromatic heterocycles. The van der Waals surface area contributed by atoms with E-state index in [1.54, 1.807) is 0 Å². The average Bonchev–Trinajstić information content (AvgIpc) is 1.57. The Morgan fingerprint density at radius 2 is 0.451 bits per heavy atom. The Balaban J connectivity index is 1.04. The Labute approximate surface area is 531 Å². The monoisotopic (exact) mass is 1160 g/mol. The first-order valence-corrected chi connectivity index (χ1v) is 31.3. The van der Waals surface area contributed by atoms with Gasteiger partial charge in [0.1, 0.15) is 0 Å². The van der Waals surface area contributed by atoms with Crippen molar-refractivity contribution in [1.82, 2.24) is 4.57 Å². The highest BCUT2D eigenvalue weighted by Crippen LogP contribution is 2.55. The van der Waals surface area contributed by atoms with E-state index < -0.39 is 0 Å². The standard InChI is InChI=1S/C82H57B2N7/c1-10-32-58(33-11-1)85(59-34-12-2-13-35-59)67-54-73-77-75(56-67)89(64-44-22-7-23-45-64)79-80-82(91(66-48-26-9-27-49-66)81(79)83(77)69-50-28-30-52-71(69)87(73)62-40-18-5-19-41-62)84-70-51-29-31-53-72(70)88(63-42-20-6-21-43-63)74-55-68(57-76(78(74)84)90(80)65-46-24-8-25-47-65)86(60-36-14-3-15-37-60)61-38-16-4-17-39-61/h1-57H. The van der Waals surface area contributed by atoms with Crippen molar-refractivity contribution in [2.24, 2.45) is 0 Å². The predicted octanol–water partition coefficient (Wildman–Crippen LogP) is 17.6. The topological polar surface area (TPSA) is 24.4 Å². The Morgan fingerprint density at radius 1 is 0.209 bits per heavy atom. The van der Waals surface area contributed by atoms with Crippen LogP contribution in [0.5, 0.6) is 0 Å². The van der Waals surface area contributed by atoms with Crippen LogP contribution in [0.2, 0.25) is 0 Å². The van der Waals surface area contributed by atoms with Crippen LogP contribution in [-0.2, 0) is 0 Å². The maximum absolute atomic E-state index is 2.71. The van der Waals surface area contributed by atoms with Crippen molar-refractivity contribution in [3.05, 3.63) is 346 Å². The van der Waals surface area contributed by atoms with Gasteiger partial charge in [0.05, 0.1) is 22.7 Å². The number of rotatable bonds is 11. The zero-order valence-electron chi connectivity index (χ0n) is 49.7. The molecule has 0 radical (unpaired) electrons. The second-order valence-corrected chi connectivity index (χ2v) is 23.6. The zero-order valence-corrected chi connectivity index (χ0v) is 49.7. The number of fused-ring (bicyclic) bond motifs is 9. The summed E-state index contributed by atoms with van der Waals surface area (Å²) in [7, 11) is 0. The minimum Gasteiger partial charge on any atom is -0.330 e. The SMILES string of the molecule is c1ccc(N(c2ccccc2)c2cc3c4c(c2)N(c2ccccc2)c2c5c(n(-c6ccccc6)c2B4c2ccccc2N3c2ccccc2)B2c3ccccc3N(c3ccccc3)c3cc(N(c4ccccc4)c4ccccc4)cc(c32)N5c2ccccc2)cc1. The van der Waals surface area contributed by atoms with Crippen LogP contribution in [0.3, 0.4) is 0 Å². The van der Waals surface area contributed by atoms with Gasteiger partial charge in [-0.3, -0.25) is 0 Å². The number of nitrogens with zero attached hydrogens (tertiary/aromatic N) is 7. The molecule has 91 heavy (non-hydrogen) atoms. The molecule has 0 unspecified atom stereocenters. The van der Waals surface area contributed by atoms with Crippen LogP contribution in [0, 0.1) is 0 Å². The molecule has 4 aliphatic rings. The molecule has 13 aromatic carbocycles. The van der Waals surface area contributed by atoms with Crippen LogP contribution in [0.4, 0.5) is 102 Å². The molecule has 0 N–H and O–H groups in total. The number of aromatic nitrogens is 1. The first-order chi connectivity index (χ1) is 45.2. The summed E-state index contributed by atoms with van der Waals surface area (Å²) in [6, 6.07) is 127. The first kappa shape index (κ1) is 52.2. The van der Waals surface area contributed by atoms with Gasteiger partial charge in [0.25, 0.3) is 13.4 Å². The van der Waals surface area contributed by atoms with Crippen molar-refractivity contribution in [1.29, 1.82) is 0 Å².